The minimum absolute atomic E-state index is 0.0107. The third-order valence-corrected chi connectivity index (χ3v) is 4.64. The molecule has 27 heavy (non-hydrogen) atoms. The molecule has 0 bridgehead atoms. The van der Waals surface area contributed by atoms with Crippen molar-refractivity contribution in [3.63, 3.8) is 0 Å². The Labute approximate surface area is 154 Å². The fraction of sp³-hybridized carbons (Fsp3) is 0.0909. The summed E-state index contributed by atoms with van der Waals surface area (Å²) in [6.45, 7) is 1.68. The fourth-order valence-electron chi connectivity index (χ4n) is 3.26. The number of fused-ring (bicyclic) bond motifs is 2. The van der Waals surface area contributed by atoms with E-state index in [1.54, 1.807) is 43.3 Å². The predicted octanol–water partition coefficient (Wildman–Crippen LogP) is 4.24. The van der Waals surface area contributed by atoms with Gasteiger partial charge in [-0.3, -0.25) is 9.59 Å². The van der Waals surface area contributed by atoms with Crippen molar-refractivity contribution in [1.29, 1.82) is 0 Å². The molecule has 0 atom stereocenters. The number of carbonyl (C=O) groups is 1. The summed E-state index contributed by atoms with van der Waals surface area (Å²) in [6.07, 6.45) is 0. The SMILES string of the molecule is Cc1ccc(NC(=O)Cn2c3ccccc3c(=O)c3ccccc32)cc1F. The van der Waals surface area contributed by atoms with Crippen LogP contribution >= 0.6 is 0 Å². The molecule has 0 aliphatic rings. The molecule has 0 radical (unpaired) electrons. The van der Waals surface area contributed by atoms with Gasteiger partial charge in [0, 0.05) is 16.5 Å². The smallest absolute Gasteiger partial charge is 0.244 e. The van der Waals surface area contributed by atoms with Crippen LogP contribution in [0.5, 0.6) is 0 Å². The Bertz CT molecular complexity index is 1180. The monoisotopic (exact) mass is 360 g/mol. The lowest BCUT2D eigenvalue weighted by Crippen LogP contribution is -2.21. The van der Waals surface area contributed by atoms with E-state index in [0.717, 1.165) is 0 Å². The van der Waals surface area contributed by atoms with Crippen molar-refractivity contribution in [3.05, 3.63) is 88.3 Å². The van der Waals surface area contributed by atoms with Crippen LogP contribution in [-0.2, 0) is 11.3 Å². The Balaban J connectivity index is 1.78. The van der Waals surface area contributed by atoms with E-state index in [9.17, 15) is 14.0 Å². The molecule has 0 aliphatic heterocycles. The van der Waals surface area contributed by atoms with Crippen LogP contribution < -0.4 is 10.7 Å². The van der Waals surface area contributed by atoms with Crippen molar-refractivity contribution in [3.8, 4) is 0 Å². The summed E-state index contributed by atoms with van der Waals surface area (Å²) in [4.78, 5) is 25.3. The molecule has 1 heterocycles. The number of amides is 1. The molecule has 1 amide bonds. The molecule has 0 unspecified atom stereocenters. The molecule has 1 N–H and O–H groups in total. The van der Waals surface area contributed by atoms with Gasteiger partial charge in [0.15, 0.2) is 5.43 Å². The van der Waals surface area contributed by atoms with Crippen molar-refractivity contribution < 1.29 is 9.18 Å². The second kappa shape index (κ2) is 6.68. The van der Waals surface area contributed by atoms with Gasteiger partial charge in [0.05, 0.1) is 11.0 Å². The Morgan fingerprint density at radius 1 is 0.963 bits per heavy atom. The zero-order chi connectivity index (χ0) is 19.0. The molecular weight excluding hydrogens is 343 g/mol. The van der Waals surface area contributed by atoms with Crippen molar-refractivity contribution in [1.82, 2.24) is 4.57 Å². The number of aromatic nitrogens is 1. The van der Waals surface area contributed by atoms with E-state index in [1.807, 2.05) is 28.8 Å². The first-order valence-corrected chi connectivity index (χ1v) is 8.61. The van der Waals surface area contributed by atoms with Crippen molar-refractivity contribution >= 4 is 33.4 Å². The highest BCUT2D eigenvalue weighted by Gasteiger charge is 2.13. The molecular formula is C22H17FN2O2. The summed E-state index contributed by atoms with van der Waals surface area (Å²) in [5.41, 5.74) is 2.24. The van der Waals surface area contributed by atoms with Crippen LogP contribution in [0.25, 0.3) is 21.8 Å². The number of para-hydroxylation sites is 2. The zero-order valence-electron chi connectivity index (χ0n) is 14.7. The largest absolute Gasteiger partial charge is 0.331 e. The average molecular weight is 360 g/mol. The number of halogens is 1. The number of nitrogens with zero attached hydrogens (tertiary/aromatic N) is 1. The fourth-order valence-corrected chi connectivity index (χ4v) is 3.26. The highest BCUT2D eigenvalue weighted by atomic mass is 19.1. The topological polar surface area (TPSA) is 51.1 Å². The van der Waals surface area contributed by atoms with Gasteiger partial charge in [-0.15, -0.1) is 0 Å². The standard InChI is InChI=1S/C22H17FN2O2/c1-14-10-11-15(12-18(14)23)24-21(26)13-25-19-8-4-2-6-16(19)22(27)17-7-3-5-9-20(17)25/h2-12H,13H2,1H3,(H,24,26). The van der Waals surface area contributed by atoms with Gasteiger partial charge < -0.3 is 9.88 Å². The van der Waals surface area contributed by atoms with E-state index in [4.69, 9.17) is 0 Å². The molecule has 0 saturated heterocycles. The lowest BCUT2D eigenvalue weighted by atomic mass is 10.1. The summed E-state index contributed by atoms with van der Waals surface area (Å²) in [5.74, 6) is -0.663. The van der Waals surface area contributed by atoms with Crippen LogP contribution in [0.15, 0.2) is 71.5 Å². The lowest BCUT2D eigenvalue weighted by Gasteiger charge is -2.15. The summed E-state index contributed by atoms with van der Waals surface area (Å²) < 4.78 is 15.5. The number of hydrogen-bond acceptors (Lipinski definition) is 2. The number of carbonyl (C=O) groups excluding carboxylic acids is 1. The van der Waals surface area contributed by atoms with Crippen LogP contribution in [-0.4, -0.2) is 10.5 Å². The second-order valence-corrected chi connectivity index (χ2v) is 6.46. The Morgan fingerprint density at radius 3 is 2.15 bits per heavy atom. The summed E-state index contributed by atoms with van der Waals surface area (Å²) in [5, 5.41) is 3.85. The van der Waals surface area contributed by atoms with Crippen LogP contribution in [0.4, 0.5) is 10.1 Å². The molecule has 134 valence electrons. The van der Waals surface area contributed by atoms with E-state index in [0.29, 0.717) is 33.1 Å². The maximum absolute atomic E-state index is 13.7. The normalized spacial score (nSPS) is 11.0. The summed E-state index contributed by atoms with van der Waals surface area (Å²) >= 11 is 0. The average Bonchev–Trinajstić information content (AvgIpc) is 2.68. The Kier molecular flexibility index (Phi) is 4.20. The van der Waals surface area contributed by atoms with Gasteiger partial charge in [0.2, 0.25) is 5.91 Å². The zero-order valence-corrected chi connectivity index (χ0v) is 14.7. The van der Waals surface area contributed by atoms with Crippen molar-refractivity contribution in [2.75, 3.05) is 5.32 Å². The third-order valence-electron chi connectivity index (χ3n) is 4.64. The number of rotatable bonds is 3. The first-order chi connectivity index (χ1) is 13.0. The molecule has 5 heteroatoms. The van der Waals surface area contributed by atoms with Gasteiger partial charge in [0.25, 0.3) is 0 Å². The number of hydrogen-bond donors (Lipinski definition) is 1. The molecule has 0 fully saturated rings. The molecule has 3 aromatic carbocycles. The van der Waals surface area contributed by atoms with E-state index in [-0.39, 0.29) is 23.7 Å². The van der Waals surface area contributed by atoms with Crippen LogP contribution in [0.2, 0.25) is 0 Å². The maximum atomic E-state index is 13.7. The first-order valence-electron chi connectivity index (χ1n) is 8.61. The first kappa shape index (κ1) is 17.0. The number of nitrogens with one attached hydrogen (secondary N) is 1. The number of anilines is 1. The minimum Gasteiger partial charge on any atom is -0.331 e. The molecule has 4 nitrogen and oxygen atoms in total. The molecule has 1 aromatic heterocycles. The molecule has 4 rings (SSSR count). The summed E-state index contributed by atoms with van der Waals surface area (Å²) in [7, 11) is 0. The quantitative estimate of drug-likeness (QED) is 0.556. The highest BCUT2D eigenvalue weighted by molar-refractivity contribution is 5.97. The second-order valence-electron chi connectivity index (χ2n) is 6.46. The van der Waals surface area contributed by atoms with Gasteiger partial charge in [-0.25, -0.2) is 4.39 Å². The minimum atomic E-state index is -0.368. The number of pyridine rings is 1. The lowest BCUT2D eigenvalue weighted by molar-refractivity contribution is -0.116. The van der Waals surface area contributed by atoms with Crippen molar-refractivity contribution in [2.45, 2.75) is 13.5 Å². The van der Waals surface area contributed by atoms with Gasteiger partial charge >= 0.3 is 0 Å². The van der Waals surface area contributed by atoms with Crippen LogP contribution in [0.1, 0.15) is 5.56 Å². The Hall–Kier alpha value is -3.47. The summed E-state index contributed by atoms with van der Waals surface area (Å²) in [6, 6.07) is 19.0. The van der Waals surface area contributed by atoms with Crippen molar-refractivity contribution in [2.24, 2.45) is 0 Å². The molecule has 0 aliphatic carbocycles. The van der Waals surface area contributed by atoms with Gasteiger partial charge in [-0.05, 0) is 48.9 Å². The van der Waals surface area contributed by atoms with E-state index in [2.05, 4.69) is 5.32 Å². The Morgan fingerprint density at radius 2 is 1.56 bits per heavy atom. The van der Waals surface area contributed by atoms with Crippen LogP contribution in [0.3, 0.4) is 0 Å². The van der Waals surface area contributed by atoms with Crippen LogP contribution in [0, 0.1) is 12.7 Å². The van der Waals surface area contributed by atoms with E-state index < -0.39 is 0 Å². The predicted molar refractivity (Wildman–Crippen MR) is 105 cm³/mol. The van der Waals surface area contributed by atoms with E-state index >= 15 is 0 Å². The molecule has 4 aromatic rings. The van der Waals surface area contributed by atoms with Gasteiger partial charge in [0.1, 0.15) is 12.4 Å². The maximum Gasteiger partial charge on any atom is 0.244 e. The van der Waals surface area contributed by atoms with Gasteiger partial charge in [-0.2, -0.15) is 0 Å². The van der Waals surface area contributed by atoms with Gasteiger partial charge in [-0.1, -0.05) is 30.3 Å². The number of aryl methyl sites for hydroxylation is 1. The molecule has 0 spiro atoms. The van der Waals surface area contributed by atoms with E-state index in [1.165, 1.54) is 6.07 Å². The molecule has 0 saturated carbocycles. The highest BCUT2D eigenvalue weighted by Crippen LogP contribution is 2.20. The number of benzene rings is 3. The third kappa shape index (κ3) is 3.08.